The predicted octanol–water partition coefficient (Wildman–Crippen LogP) is 2.28. The van der Waals surface area contributed by atoms with Crippen LogP contribution < -0.4 is 0 Å². The van der Waals surface area contributed by atoms with Crippen LogP contribution in [-0.4, -0.2) is 17.6 Å². The number of carbonyl (C=O) groups is 1. The van der Waals surface area contributed by atoms with E-state index in [9.17, 15) is 18.0 Å². The lowest BCUT2D eigenvalue weighted by Crippen LogP contribution is -2.10. The van der Waals surface area contributed by atoms with Gasteiger partial charge in [-0.05, 0) is 19.1 Å². The van der Waals surface area contributed by atoms with Gasteiger partial charge in [-0.2, -0.15) is 13.2 Å². The molecule has 0 aliphatic carbocycles. The van der Waals surface area contributed by atoms with E-state index in [1.54, 1.807) is 6.92 Å². The average Bonchev–Trinajstić information content (AvgIpc) is 2.17. The molecule has 15 heavy (non-hydrogen) atoms. The van der Waals surface area contributed by atoms with Crippen molar-refractivity contribution in [2.75, 3.05) is 6.61 Å². The Morgan fingerprint density at radius 1 is 1.47 bits per heavy atom. The van der Waals surface area contributed by atoms with E-state index in [2.05, 4.69) is 9.72 Å². The molecular formula is C9H8F3NO2. The third-order valence-corrected chi connectivity index (χ3v) is 1.57. The van der Waals surface area contributed by atoms with Crippen LogP contribution in [0.4, 0.5) is 13.2 Å². The first-order valence-corrected chi connectivity index (χ1v) is 4.15. The third-order valence-electron chi connectivity index (χ3n) is 1.57. The van der Waals surface area contributed by atoms with Crippen LogP contribution in [0, 0.1) is 0 Å². The second-order valence-electron chi connectivity index (χ2n) is 2.65. The van der Waals surface area contributed by atoms with Gasteiger partial charge in [0, 0.05) is 6.20 Å². The summed E-state index contributed by atoms with van der Waals surface area (Å²) in [5.41, 5.74) is -1.03. The predicted molar refractivity (Wildman–Crippen MR) is 45.2 cm³/mol. The smallest absolute Gasteiger partial charge is 0.433 e. The Morgan fingerprint density at radius 3 is 2.53 bits per heavy atom. The minimum absolute atomic E-state index is 0.00449. The van der Waals surface area contributed by atoms with Crippen molar-refractivity contribution in [3.8, 4) is 0 Å². The van der Waals surface area contributed by atoms with Crippen LogP contribution in [0.3, 0.4) is 0 Å². The van der Waals surface area contributed by atoms with Crippen LogP contribution in [0.5, 0.6) is 0 Å². The van der Waals surface area contributed by atoms with Gasteiger partial charge in [0.1, 0.15) is 5.69 Å². The van der Waals surface area contributed by atoms with Crippen LogP contribution in [0.2, 0.25) is 0 Å². The standard InChI is InChI=1S/C9H8F3NO2/c1-2-15-8(14)6-3-4-7(13-5-6)9(10,11)12/h3-5H,2H2,1H3. The van der Waals surface area contributed by atoms with Crippen molar-refractivity contribution in [2.45, 2.75) is 13.1 Å². The highest BCUT2D eigenvalue weighted by Gasteiger charge is 2.32. The molecule has 1 heterocycles. The van der Waals surface area contributed by atoms with Gasteiger partial charge in [0.25, 0.3) is 0 Å². The first-order valence-electron chi connectivity index (χ1n) is 4.15. The van der Waals surface area contributed by atoms with Gasteiger partial charge in [-0.1, -0.05) is 0 Å². The number of hydrogen-bond acceptors (Lipinski definition) is 3. The molecule has 0 unspecified atom stereocenters. The number of alkyl halides is 3. The Kier molecular flexibility index (Phi) is 3.28. The van der Waals surface area contributed by atoms with Gasteiger partial charge in [-0.15, -0.1) is 0 Å². The summed E-state index contributed by atoms with van der Waals surface area (Å²) in [6.45, 7) is 1.77. The zero-order chi connectivity index (χ0) is 11.5. The Labute approximate surface area is 83.9 Å². The van der Waals surface area contributed by atoms with E-state index >= 15 is 0 Å². The summed E-state index contributed by atoms with van der Waals surface area (Å²) >= 11 is 0. The molecule has 0 aliphatic heterocycles. The second kappa shape index (κ2) is 4.29. The Morgan fingerprint density at radius 2 is 2.13 bits per heavy atom. The molecular weight excluding hydrogens is 211 g/mol. The fourth-order valence-electron chi connectivity index (χ4n) is 0.897. The van der Waals surface area contributed by atoms with Crippen molar-refractivity contribution in [1.82, 2.24) is 4.98 Å². The molecule has 1 aromatic heterocycles. The number of carbonyl (C=O) groups excluding carboxylic acids is 1. The first kappa shape index (κ1) is 11.5. The molecule has 0 fully saturated rings. The van der Waals surface area contributed by atoms with Gasteiger partial charge in [0.05, 0.1) is 12.2 Å². The number of ether oxygens (including phenoxy) is 1. The van der Waals surface area contributed by atoms with Gasteiger partial charge >= 0.3 is 12.1 Å². The number of hydrogen-bond donors (Lipinski definition) is 0. The number of pyridine rings is 1. The zero-order valence-electron chi connectivity index (χ0n) is 7.84. The molecule has 0 spiro atoms. The van der Waals surface area contributed by atoms with Gasteiger partial charge in [0.15, 0.2) is 0 Å². The largest absolute Gasteiger partial charge is 0.462 e. The molecule has 0 aliphatic rings. The number of nitrogens with zero attached hydrogens (tertiary/aromatic N) is 1. The lowest BCUT2D eigenvalue weighted by atomic mass is 10.2. The average molecular weight is 219 g/mol. The summed E-state index contributed by atoms with van der Waals surface area (Å²) in [5.74, 6) is -0.682. The Hall–Kier alpha value is -1.59. The molecule has 0 amide bonds. The number of esters is 1. The fourth-order valence-corrected chi connectivity index (χ4v) is 0.897. The number of aromatic nitrogens is 1. The highest BCUT2D eigenvalue weighted by molar-refractivity contribution is 5.88. The Bertz CT molecular complexity index is 345. The van der Waals surface area contributed by atoms with Crippen molar-refractivity contribution in [1.29, 1.82) is 0 Å². The minimum Gasteiger partial charge on any atom is -0.462 e. The normalized spacial score (nSPS) is 11.2. The molecule has 0 N–H and O–H groups in total. The summed E-state index contributed by atoms with van der Waals surface area (Å²) in [6.07, 6.45) is -3.64. The number of rotatable bonds is 2. The number of halogens is 3. The van der Waals surface area contributed by atoms with E-state index in [0.717, 1.165) is 18.3 Å². The molecule has 0 saturated carbocycles. The van der Waals surface area contributed by atoms with Crippen LogP contribution in [0.15, 0.2) is 18.3 Å². The first-order chi connectivity index (χ1) is 6.95. The van der Waals surface area contributed by atoms with Crippen molar-refractivity contribution in [3.05, 3.63) is 29.6 Å². The second-order valence-corrected chi connectivity index (χ2v) is 2.65. The summed E-state index contributed by atoms with van der Waals surface area (Å²) in [6, 6.07) is 1.78. The summed E-state index contributed by atoms with van der Waals surface area (Å²) < 4.78 is 40.9. The van der Waals surface area contributed by atoms with E-state index in [1.807, 2.05) is 0 Å². The van der Waals surface area contributed by atoms with E-state index in [1.165, 1.54) is 0 Å². The van der Waals surface area contributed by atoms with Crippen molar-refractivity contribution in [3.63, 3.8) is 0 Å². The SMILES string of the molecule is CCOC(=O)c1ccc(C(F)(F)F)nc1. The zero-order valence-corrected chi connectivity index (χ0v) is 7.84. The van der Waals surface area contributed by atoms with E-state index < -0.39 is 17.8 Å². The maximum atomic E-state index is 12.1. The van der Waals surface area contributed by atoms with Crippen molar-refractivity contribution in [2.24, 2.45) is 0 Å². The topological polar surface area (TPSA) is 39.2 Å². The van der Waals surface area contributed by atoms with Crippen LogP contribution in [0.1, 0.15) is 23.0 Å². The van der Waals surface area contributed by atoms with E-state index in [-0.39, 0.29) is 12.2 Å². The maximum absolute atomic E-state index is 12.1. The fraction of sp³-hybridized carbons (Fsp3) is 0.333. The van der Waals surface area contributed by atoms with Crippen molar-refractivity contribution < 1.29 is 22.7 Å². The summed E-state index contributed by atoms with van der Waals surface area (Å²) in [5, 5.41) is 0. The molecule has 6 heteroatoms. The highest BCUT2D eigenvalue weighted by Crippen LogP contribution is 2.27. The van der Waals surface area contributed by atoms with Gasteiger partial charge in [-0.25, -0.2) is 4.79 Å². The third kappa shape index (κ3) is 2.93. The van der Waals surface area contributed by atoms with Gasteiger partial charge < -0.3 is 4.74 Å². The molecule has 0 radical (unpaired) electrons. The summed E-state index contributed by atoms with van der Waals surface area (Å²) in [7, 11) is 0. The molecule has 0 atom stereocenters. The van der Waals surface area contributed by atoms with Crippen molar-refractivity contribution >= 4 is 5.97 Å². The molecule has 0 saturated heterocycles. The molecule has 0 aromatic carbocycles. The minimum atomic E-state index is -4.49. The molecule has 3 nitrogen and oxygen atoms in total. The Balaban J connectivity index is 2.86. The monoisotopic (exact) mass is 219 g/mol. The quantitative estimate of drug-likeness (QED) is 0.716. The van der Waals surface area contributed by atoms with Crippen LogP contribution >= 0.6 is 0 Å². The van der Waals surface area contributed by atoms with Gasteiger partial charge in [0.2, 0.25) is 0 Å². The highest BCUT2D eigenvalue weighted by atomic mass is 19.4. The lowest BCUT2D eigenvalue weighted by molar-refractivity contribution is -0.141. The van der Waals surface area contributed by atoms with E-state index in [4.69, 9.17) is 0 Å². The van der Waals surface area contributed by atoms with E-state index in [0.29, 0.717) is 0 Å². The molecule has 0 bridgehead atoms. The molecule has 1 rings (SSSR count). The summed E-state index contributed by atoms with van der Waals surface area (Å²) in [4.78, 5) is 14.2. The lowest BCUT2D eigenvalue weighted by Gasteiger charge is -2.05. The van der Waals surface area contributed by atoms with Crippen LogP contribution in [-0.2, 0) is 10.9 Å². The van der Waals surface area contributed by atoms with Crippen LogP contribution in [0.25, 0.3) is 0 Å². The maximum Gasteiger partial charge on any atom is 0.433 e. The van der Waals surface area contributed by atoms with Gasteiger partial charge in [-0.3, -0.25) is 4.98 Å². The molecule has 1 aromatic rings. The molecule has 82 valence electrons.